The first-order valence-corrected chi connectivity index (χ1v) is 10.8. The molecule has 6 nitrogen and oxygen atoms in total. The van der Waals surface area contributed by atoms with Crippen molar-refractivity contribution in [3.63, 3.8) is 0 Å². The van der Waals surface area contributed by atoms with Crippen LogP contribution in [0.1, 0.15) is 15.9 Å². The lowest BCUT2D eigenvalue weighted by molar-refractivity contribution is -0.121. The molecule has 0 aliphatic carbocycles. The van der Waals surface area contributed by atoms with Crippen LogP contribution in [-0.2, 0) is 4.79 Å². The maximum Gasteiger partial charge on any atom is 0.269 e. The summed E-state index contributed by atoms with van der Waals surface area (Å²) in [5, 5.41) is 4.41. The zero-order valence-corrected chi connectivity index (χ0v) is 19.8. The minimum atomic E-state index is -0.458. The van der Waals surface area contributed by atoms with Crippen molar-refractivity contribution in [1.82, 2.24) is 16.2 Å². The van der Waals surface area contributed by atoms with Gasteiger partial charge in [0.1, 0.15) is 5.75 Å². The number of nitrogens with one attached hydrogen (secondary N) is 3. The lowest BCUT2D eigenvalue weighted by Crippen LogP contribution is -2.49. The fourth-order valence-electron chi connectivity index (χ4n) is 2.58. The highest BCUT2D eigenvalue weighted by atomic mass is 79.9. The smallest absolute Gasteiger partial charge is 0.269 e. The van der Waals surface area contributed by atoms with Crippen LogP contribution >= 0.6 is 44.1 Å². The summed E-state index contributed by atoms with van der Waals surface area (Å²) in [6, 6.07) is 16.6. The molecule has 0 aliphatic heterocycles. The van der Waals surface area contributed by atoms with E-state index in [1.807, 2.05) is 43.3 Å². The van der Waals surface area contributed by atoms with E-state index in [0.717, 1.165) is 25.3 Å². The predicted octanol–water partition coefficient (Wildman–Crippen LogP) is 4.39. The Morgan fingerprint density at radius 1 is 1.00 bits per heavy atom. The summed E-state index contributed by atoms with van der Waals surface area (Å²) in [6.07, 6.45) is 0. The van der Waals surface area contributed by atoms with E-state index in [9.17, 15) is 9.59 Å². The molecule has 0 atom stereocenters. The zero-order valence-electron chi connectivity index (χ0n) is 15.8. The summed E-state index contributed by atoms with van der Waals surface area (Å²) in [7, 11) is 0. The maximum absolute atomic E-state index is 12.1. The van der Waals surface area contributed by atoms with E-state index >= 15 is 0 Å². The number of hydrazine groups is 1. The Labute approximate surface area is 195 Å². The molecule has 154 valence electrons. The van der Waals surface area contributed by atoms with E-state index in [0.29, 0.717) is 11.3 Å². The molecule has 30 heavy (non-hydrogen) atoms. The molecule has 2 amide bonds. The Morgan fingerprint density at radius 3 is 2.47 bits per heavy atom. The number of hydrogen-bond acceptors (Lipinski definition) is 4. The van der Waals surface area contributed by atoms with Gasteiger partial charge in [0.2, 0.25) is 0 Å². The van der Waals surface area contributed by atoms with Gasteiger partial charge < -0.3 is 4.74 Å². The molecule has 9 heteroatoms. The molecule has 3 rings (SSSR count). The van der Waals surface area contributed by atoms with Gasteiger partial charge in [0.05, 0.1) is 4.47 Å². The summed E-state index contributed by atoms with van der Waals surface area (Å²) in [5.41, 5.74) is 6.45. The van der Waals surface area contributed by atoms with Crippen molar-refractivity contribution in [3.8, 4) is 5.75 Å². The number of carbonyl (C=O) groups excluding carboxylic acids is 2. The third-order valence-electron chi connectivity index (χ3n) is 4.10. The highest BCUT2D eigenvalue weighted by Crippen LogP contribution is 2.34. The second kappa shape index (κ2) is 10.0. The highest BCUT2D eigenvalue weighted by Gasteiger charge is 2.11. The van der Waals surface area contributed by atoms with Crippen LogP contribution in [0.4, 0.5) is 0 Å². The average Bonchev–Trinajstić information content (AvgIpc) is 2.72. The van der Waals surface area contributed by atoms with Gasteiger partial charge in [-0.15, -0.1) is 0 Å². The van der Waals surface area contributed by atoms with Crippen molar-refractivity contribution < 1.29 is 14.3 Å². The van der Waals surface area contributed by atoms with Crippen LogP contribution in [0.2, 0.25) is 0 Å². The van der Waals surface area contributed by atoms with Gasteiger partial charge in [-0.05, 0) is 76.2 Å². The molecule has 3 aromatic carbocycles. The Hall–Kier alpha value is -2.49. The zero-order chi connectivity index (χ0) is 21.7. The van der Waals surface area contributed by atoms with Gasteiger partial charge in [-0.1, -0.05) is 45.8 Å². The number of ether oxygens (including phenoxy) is 1. The van der Waals surface area contributed by atoms with Gasteiger partial charge in [-0.2, -0.15) is 0 Å². The van der Waals surface area contributed by atoms with Gasteiger partial charge >= 0.3 is 0 Å². The molecular formula is C21H17Br2N3O3S. The molecular weight excluding hydrogens is 534 g/mol. The molecule has 3 aromatic rings. The number of fused-ring (bicyclic) bond motifs is 1. The Balaban J connectivity index is 1.49. The Kier molecular flexibility index (Phi) is 7.41. The highest BCUT2D eigenvalue weighted by molar-refractivity contribution is 9.11. The van der Waals surface area contributed by atoms with Crippen LogP contribution in [0, 0.1) is 6.92 Å². The van der Waals surface area contributed by atoms with Crippen molar-refractivity contribution in [1.29, 1.82) is 0 Å². The molecule has 0 bridgehead atoms. The molecule has 0 unspecified atom stereocenters. The molecule has 0 aliphatic rings. The van der Waals surface area contributed by atoms with E-state index in [4.69, 9.17) is 17.0 Å². The van der Waals surface area contributed by atoms with Crippen LogP contribution in [0.5, 0.6) is 5.75 Å². The average molecular weight is 551 g/mol. The number of benzene rings is 3. The summed E-state index contributed by atoms with van der Waals surface area (Å²) in [5.74, 6) is -0.291. The van der Waals surface area contributed by atoms with E-state index in [-0.39, 0.29) is 17.6 Å². The molecule has 0 saturated heterocycles. The standard InChI is InChI=1S/C21H17Br2N3O3S/c1-12-2-4-13(5-3-12)20(28)25-26-21(30)24-18(27)11-29-17-9-6-14-10-15(22)7-8-16(14)19(17)23/h2-10H,11H2,1H3,(H,25,28)(H2,24,26,27,30). The number of halogens is 2. The first-order valence-electron chi connectivity index (χ1n) is 8.81. The van der Waals surface area contributed by atoms with Crippen molar-refractivity contribution in [2.45, 2.75) is 6.92 Å². The SMILES string of the molecule is Cc1ccc(C(=O)NNC(=S)NC(=O)COc2ccc3cc(Br)ccc3c2Br)cc1. The topological polar surface area (TPSA) is 79.5 Å². The van der Waals surface area contributed by atoms with Crippen LogP contribution in [0.15, 0.2) is 63.5 Å². The lowest BCUT2D eigenvalue weighted by atomic mass is 10.1. The lowest BCUT2D eigenvalue weighted by Gasteiger charge is -2.13. The molecule has 3 N–H and O–H groups in total. The molecule has 0 aromatic heterocycles. The molecule has 0 spiro atoms. The van der Waals surface area contributed by atoms with E-state index in [1.54, 1.807) is 18.2 Å². The number of hydrogen-bond donors (Lipinski definition) is 3. The van der Waals surface area contributed by atoms with Gasteiger partial charge in [-0.25, -0.2) is 0 Å². The van der Waals surface area contributed by atoms with E-state index < -0.39 is 5.91 Å². The van der Waals surface area contributed by atoms with Crippen molar-refractivity contribution in [3.05, 3.63) is 74.7 Å². The minimum Gasteiger partial charge on any atom is -0.483 e. The van der Waals surface area contributed by atoms with E-state index in [2.05, 4.69) is 48.0 Å². The number of carbonyl (C=O) groups is 2. The summed E-state index contributed by atoms with van der Waals surface area (Å²) < 4.78 is 7.33. The van der Waals surface area contributed by atoms with E-state index in [1.165, 1.54) is 0 Å². The first-order chi connectivity index (χ1) is 14.3. The Morgan fingerprint density at radius 2 is 1.73 bits per heavy atom. The molecule has 0 saturated carbocycles. The second-order valence-corrected chi connectivity index (χ2v) is 8.47. The van der Waals surface area contributed by atoms with Crippen molar-refractivity contribution in [2.24, 2.45) is 0 Å². The summed E-state index contributed by atoms with van der Waals surface area (Å²) in [6.45, 7) is 1.69. The van der Waals surface area contributed by atoms with Crippen molar-refractivity contribution in [2.75, 3.05) is 6.61 Å². The largest absolute Gasteiger partial charge is 0.483 e. The second-order valence-electron chi connectivity index (χ2n) is 6.35. The normalized spacial score (nSPS) is 10.4. The van der Waals surface area contributed by atoms with Crippen molar-refractivity contribution >= 4 is 71.8 Å². The third kappa shape index (κ3) is 5.78. The Bertz CT molecular complexity index is 1120. The number of rotatable bonds is 4. The van der Waals surface area contributed by atoms with Gasteiger partial charge in [0.15, 0.2) is 11.7 Å². The predicted molar refractivity (Wildman–Crippen MR) is 127 cm³/mol. The van der Waals surface area contributed by atoms with Crippen LogP contribution in [0.3, 0.4) is 0 Å². The summed E-state index contributed by atoms with van der Waals surface area (Å²) >= 11 is 12.0. The summed E-state index contributed by atoms with van der Waals surface area (Å²) in [4.78, 5) is 24.1. The number of thiocarbonyl (C=S) groups is 1. The molecule has 0 heterocycles. The monoisotopic (exact) mass is 549 g/mol. The van der Waals surface area contributed by atoms with Gasteiger partial charge in [0.25, 0.3) is 11.8 Å². The molecule has 0 fully saturated rings. The fourth-order valence-corrected chi connectivity index (χ4v) is 3.73. The number of aryl methyl sites for hydroxylation is 1. The minimum absolute atomic E-state index is 0.0357. The van der Waals surface area contributed by atoms with Gasteiger partial charge in [0, 0.05) is 10.0 Å². The maximum atomic E-state index is 12.1. The number of amides is 2. The van der Waals surface area contributed by atoms with Crippen LogP contribution < -0.4 is 20.9 Å². The fraction of sp³-hybridized carbons (Fsp3) is 0.0952. The van der Waals surface area contributed by atoms with Gasteiger partial charge in [-0.3, -0.25) is 25.8 Å². The molecule has 0 radical (unpaired) electrons. The van der Waals surface area contributed by atoms with Crippen LogP contribution in [-0.4, -0.2) is 23.5 Å². The first kappa shape index (κ1) is 22.2. The van der Waals surface area contributed by atoms with Crippen LogP contribution in [0.25, 0.3) is 10.8 Å². The third-order valence-corrected chi connectivity index (χ3v) is 5.61. The quantitative estimate of drug-likeness (QED) is 0.332.